The Morgan fingerprint density at radius 3 is 1.53 bits per heavy atom. The van der Waals surface area contributed by atoms with E-state index in [9.17, 15) is 0 Å². The van der Waals surface area contributed by atoms with E-state index in [0.717, 1.165) is 6.42 Å². The van der Waals surface area contributed by atoms with E-state index in [0.29, 0.717) is 0 Å². The summed E-state index contributed by atoms with van der Waals surface area (Å²) >= 11 is 0. The minimum absolute atomic E-state index is 0.234. The lowest BCUT2D eigenvalue weighted by molar-refractivity contribution is 0.954. The van der Waals surface area contributed by atoms with Crippen LogP contribution in [-0.4, -0.2) is 0 Å². The summed E-state index contributed by atoms with van der Waals surface area (Å²) in [5.41, 5.74) is 10.2. The molecule has 0 N–H and O–H groups in total. The lowest BCUT2D eigenvalue weighted by Gasteiger charge is -2.17. The van der Waals surface area contributed by atoms with Crippen LogP contribution in [0.15, 0.2) is 182 Å². The molecule has 0 bridgehead atoms. The van der Waals surface area contributed by atoms with Gasteiger partial charge in [-0.2, -0.15) is 0 Å². The van der Waals surface area contributed by atoms with Crippen molar-refractivity contribution in [1.82, 2.24) is 0 Å². The zero-order valence-corrected chi connectivity index (χ0v) is 26.6. The number of benzene rings is 7. The highest BCUT2D eigenvalue weighted by molar-refractivity contribution is 5.97. The molecule has 0 aliphatic heterocycles. The Labute approximate surface area is 277 Å². The average molecular weight is 601 g/mol. The molecule has 0 fully saturated rings. The van der Waals surface area contributed by atoms with E-state index in [1.807, 2.05) is 0 Å². The maximum Gasteiger partial charge on any atom is 0.000477 e. The number of hydrogen-bond acceptors (Lipinski definition) is 0. The van der Waals surface area contributed by atoms with Crippen LogP contribution in [-0.2, 0) is 0 Å². The van der Waals surface area contributed by atoms with Crippen LogP contribution in [0, 0.1) is 5.92 Å². The molecule has 7 aromatic carbocycles. The molecule has 0 heterocycles. The SMILES string of the molecule is CC1/C=C\C=C/C/C(c2ccc(-c3cccc4ccccc34)cc2)=c2/ccccc2=C1c1ccc(-c2cccc3ccccc23)cc1. The average Bonchev–Trinajstić information content (AvgIpc) is 3.13. The summed E-state index contributed by atoms with van der Waals surface area (Å²) in [6, 6.07) is 57.8. The van der Waals surface area contributed by atoms with E-state index in [1.54, 1.807) is 0 Å². The molecule has 0 aromatic heterocycles. The third-order valence-electron chi connectivity index (χ3n) is 9.60. The predicted molar refractivity (Wildman–Crippen MR) is 202 cm³/mol. The molecule has 47 heavy (non-hydrogen) atoms. The summed E-state index contributed by atoms with van der Waals surface area (Å²) in [6.45, 7) is 2.31. The van der Waals surface area contributed by atoms with Gasteiger partial charge in [-0.05, 0) is 82.9 Å². The number of allylic oxidation sites excluding steroid dienone is 4. The van der Waals surface area contributed by atoms with Gasteiger partial charge in [-0.1, -0.05) is 189 Å². The minimum Gasteiger partial charge on any atom is -0.0801 e. The summed E-state index contributed by atoms with van der Waals surface area (Å²) in [5.74, 6) is 0.234. The van der Waals surface area contributed by atoms with E-state index in [2.05, 4.69) is 189 Å². The molecule has 0 saturated heterocycles. The van der Waals surface area contributed by atoms with Crippen LogP contribution < -0.4 is 10.4 Å². The quantitative estimate of drug-likeness (QED) is 0.189. The molecule has 1 aliphatic rings. The highest BCUT2D eigenvalue weighted by Crippen LogP contribution is 2.32. The lowest BCUT2D eigenvalue weighted by Crippen LogP contribution is -2.31. The van der Waals surface area contributed by atoms with Crippen molar-refractivity contribution in [3.63, 3.8) is 0 Å². The van der Waals surface area contributed by atoms with Crippen LogP contribution in [0.1, 0.15) is 24.5 Å². The van der Waals surface area contributed by atoms with Gasteiger partial charge in [-0.25, -0.2) is 0 Å². The Balaban J connectivity index is 1.28. The van der Waals surface area contributed by atoms with Crippen LogP contribution in [0.4, 0.5) is 0 Å². The number of rotatable bonds is 4. The largest absolute Gasteiger partial charge is 0.0801 e. The van der Waals surface area contributed by atoms with E-state index in [1.165, 1.54) is 76.5 Å². The van der Waals surface area contributed by atoms with Gasteiger partial charge in [-0.15, -0.1) is 0 Å². The monoisotopic (exact) mass is 600 g/mol. The van der Waals surface area contributed by atoms with Crippen LogP contribution in [0.25, 0.3) is 54.9 Å². The van der Waals surface area contributed by atoms with E-state index in [-0.39, 0.29) is 5.92 Å². The lowest BCUT2D eigenvalue weighted by atomic mass is 9.87. The molecule has 1 aliphatic carbocycles. The van der Waals surface area contributed by atoms with Crippen molar-refractivity contribution in [1.29, 1.82) is 0 Å². The van der Waals surface area contributed by atoms with Crippen molar-refractivity contribution in [3.8, 4) is 22.3 Å². The van der Waals surface area contributed by atoms with Crippen LogP contribution in [0.2, 0.25) is 0 Å². The van der Waals surface area contributed by atoms with Gasteiger partial charge < -0.3 is 0 Å². The number of hydrogen-bond donors (Lipinski definition) is 0. The van der Waals surface area contributed by atoms with E-state index in [4.69, 9.17) is 0 Å². The molecule has 0 amide bonds. The molecule has 8 rings (SSSR count). The third kappa shape index (κ3) is 5.53. The second-order valence-electron chi connectivity index (χ2n) is 12.5. The fourth-order valence-corrected chi connectivity index (χ4v) is 7.25. The first-order valence-electron chi connectivity index (χ1n) is 16.6. The van der Waals surface area contributed by atoms with E-state index >= 15 is 0 Å². The van der Waals surface area contributed by atoms with Gasteiger partial charge in [0.2, 0.25) is 0 Å². The maximum atomic E-state index is 2.32. The van der Waals surface area contributed by atoms with Crippen molar-refractivity contribution in [2.24, 2.45) is 5.92 Å². The second kappa shape index (κ2) is 12.6. The standard InChI is InChI=1S/C47H36/c1-33-13-3-2-4-18-44(38-27-25-36(26-28-38)42-23-11-16-34-14-5-7-19-40(34)42)45-21-9-10-22-46(45)47(33)39-31-29-37(30-32-39)43-24-12-17-35-15-6-8-20-41(35)43/h2-17,19-33H,18H2,1H3/b4-2-,13-3-,45-44+,47-46?. The van der Waals surface area contributed by atoms with Crippen molar-refractivity contribution >= 4 is 32.7 Å². The Morgan fingerprint density at radius 1 is 0.426 bits per heavy atom. The summed E-state index contributed by atoms with van der Waals surface area (Å²) in [5, 5.41) is 7.70. The Kier molecular flexibility index (Phi) is 7.69. The smallest absolute Gasteiger partial charge is 0.000477 e. The van der Waals surface area contributed by atoms with Gasteiger partial charge in [0.1, 0.15) is 0 Å². The van der Waals surface area contributed by atoms with Crippen molar-refractivity contribution in [2.75, 3.05) is 0 Å². The predicted octanol–water partition coefficient (Wildman–Crippen LogP) is 10.9. The van der Waals surface area contributed by atoms with Crippen molar-refractivity contribution in [2.45, 2.75) is 13.3 Å². The van der Waals surface area contributed by atoms with Crippen LogP contribution >= 0.6 is 0 Å². The second-order valence-corrected chi connectivity index (χ2v) is 12.5. The maximum absolute atomic E-state index is 2.32. The molecule has 1 atom stereocenters. The Hall–Kier alpha value is -5.72. The summed E-state index contributed by atoms with van der Waals surface area (Å²) < 4.78 is 0. The van der Waals surface area contributed by atoms with Crippen LogP contribution in [0.3, 0.4) is 0 Å². The third-order valence-corrected chi connectivity index (χ3v) is 9.60. The first-order chi connectivity index (χ1) is 23.2. The summed E-state index contributed by atoms with van der Waals surface area (Å²) in [6.07, 6.45) is 9.89. The zero-order chi connectivity index (χ0) is 31.6. The molecular formula is C47H36. The normalized spacial score (nSPS) is 17.3. The van der Waals surface area contributed by atoms with Gasteiger partial charge in [0, 0.05) is 5.92 Å². The van der Waals surface area contributed by atoms with Gasteiger partial charge in [-0.3, -0.25) is 0 Å². The first-order valence-corrected chi connectivity index (χ1v) is 16.6. The summed E-state index contributed by atoms with van der Waals surface area (Å²) in [7, 11) is 0. The van der Waals surface area contributed by atoms with Gasteiger partial charge in [0.25, 0.3) is 0 Å². The molecule has 7 aromatic rings. The molecule has 0 spiro atoms. The topological polar surface area (TPSA) is 0 Å². The Morgan fingerprint density at radius 2 is 0.915 bits per heavy atom. The first kappa shape index (κ1) is 28.7. The van der Waals surface area contributed by atoms with Crippen LogP contribution in [0.5, 0.6) is 0 Å². The minimum atomic E-state index is 0.234. The van der Waals surface area contributed by atoms with Crippen molar-refractivity contribution < 1.29 is 0 Å². The fraction of sp³-hybridized carbons (Fsp3) is 0.0638. The summed E-state index contributed by atoms with van der Waals surface area (Å²) in [4.78, 5) is 0. The molecule has 0 nitrogen and oxygen atoms in total. The van der Waals surface area contributed by atoms with E-state index < -0.39 is 0 Å². The zero-order valence-electron chi connectivity index (χ0n) is 26.6. The Bertz CT molecular complexity index is 2410. The number of fused-ring (bicyclic) bond motifs is 3. The molecule has 224 valence electrons. The highest BCUT2D eigenvalue weighted by Gasteiger charge is 2.14. The molecule has 0 saturated carbocycles. The molecule has 1 unspecified atom stereocenters. The van der Waals surface area contributed by atoms with Gasteiger partial charge in [0.05, 0.1) is 0 Å². The molecular weight excluding hydrogens is 565 g/mol. The van der Waals surface area contributed by atoms with Crippen molar-refractivity contribution in [3.05, 3.63) is 204 Å². The fourth-order valence-electron chi connectivity index (χ4n) is 7.25. The molecule has 0 radical (unpaired) electrons. The van der Waals surface area contributed by atoms with Gasteiger partial charge >= 0.3 is 0 Å². The molecule has 0 heteroatoms. The van der Waals surface area contributed by atoms with Gasteiger partial charge in [0.15, 0.2) is 0 Å². The highest BCUT2D eigenvalue weighted by atomic mass is 14.2.